The number of carbonyl (C=O) groups excluding carboxylic acids is 1. The Morgan fingerprint density at radius 2 is 2.00 bits per heavy atom. The van der Waals surface area contributed by atoms with Gasteiger partial charge in [-0.1, -0.05) is 41.4 Å². The molecule has 1 atom stereocenters. The highest BCUT2D eigenvalue weighted by Gasteiger charge is 2.33. The van der Waals surface area contributed by atoms with E-state index in [4.69, 9.17) is 23.2 Å². The Kier molecular flexibility index (Phi) is 7.42. The van der Waals surface area contributed by atoms with E-state index in [0.29, 0.717) is 11.3 Å². The van der Waals surface area contributed by atoms with Gasteiger partial charge in [0, 0.05) is 12.1 Å². The van der Waals surface area contributed by atoms with E-state index in [1.807, 2.05) is 13.0 Å². The molecule has 2 aromatic rings. The van der Waals surface area contributed by atoms with E-state index in [1.165, 1.54) is 6.20 Å². The normalized spacial score (nSPS) is 18.5. The lowest BCUT2D eigenvalue weighted by molar-refractivity contribution is -0.123. The van der Waals surface area contributed by atoms with Crippen LogP contribution < -0.4 is 15.6 Å². The van der Waals surface area contributed by atoms with Crippen LogP contribution in [0.1, 0.15) is 31.7 Å². The van der Waals surface area contributed by atoms with Gasteiger partial charge < -0.3 is 5.32 Å². The third-order valence-corrected chi connectivity index (χ3v) is 7.43. The van der Waals surface area contributed by atoms with E-state index in [1.54, 1.807) is 38.1 Å². The first-order valence-electron chi connectivity index (χ1n) is 9.93. The van der Waals surface area contributed by atoms with Crippen molar-refractivity contribution in [2.75, 3.05) is 0 Å². The van der Waals surface area contributed by atoms with Gasteiger partial charge in [-0.05, 0) is 38.5 Å². The van der Waals surface area contributed by atoms with Gasteiger partial charge in [-0.25, -0.2) is 17.8 Å². The van der Waals surface area contributed by atoms with Gasteiger partial charge in [-0.3, -0.25) is 14.6 Å². The topological polar surface area (TPSA) is 123 Å². The predicted octanol–water partition coefficient (Wildman–Crippen LogP) is 2.48. The molecule has 1 aliphatic rings. The van der Waals surface area contributed by atoms with Gasteiger partial charge in [0.2, 0.25) is 15.9 Å². The SMILES string of the molecule is CC1=C(S(=O)(=O)NCc2cccc(C)n2)CC(C)(NC(=O)Cn2ncc(Cl)c(Cl)c2=O)C=C1. The summed E-state index contributed by atoms with van der Waals surface area (Å²) in [5.74, 6) is -0.539. The number of pyridine rings is 1. The molecular weight excluding hydrogens is 489 g/mol. The van der Waals surface area contributed by atoms with Gasteiger partial charge in [-0.2, -0.15) is 5.10 Å². The Labute approximate surface area is 201 Å². The summed E-state index contributed by atoms with van der Waals surface area (Å²) in [6, 6.07) is 5.37. The minimum atomic E-state index is -3.84. The first kappa shape index (κ1) is 25.1. The van der Waals surface area contributed by atoms with E-state index < -0.39 is 33.6 Å². The number of aromatic nitrogens is 3. The molecule has 2 N–H and O–H groups in total. The molecule has 1 unspecified atom stereocenters. The molecule has 9 nitrogen and oxygen atoms in total. The summed E-state index contributed by atoms with van der Waals surface area (Å²) in [5, 5.41) is 6.33. The van der Waals surface area contributed by atoms with Gasteiger partial charge in [0.1, 0.15) is 11.6 Å². The lowest BCUT2D eigenvalue weighted by atomic mass is 9.90. The second-order valence-corrected chi connectivity index (χ2v) is 10.5. The molecule has 0 spiro atoms. The molecule has 33 heavy (non-hydrogen) atoms. The van der Waals surface area contributed by atoms with Gasteiger partial charge in [0.05, 0.1) is 33.9 Å². The number of halogens is 2. The molecule has 0 saturated heterocycles. The maximum atomic E-state index is 13.0. The molecule has 0 radical (unpaired) electrons. The van der Waals surface area contributed by atoms with Crippen molar-refractivity contribution in [2.45, 2.75) is 45.8 Å². The first-order valence-corrected chi connectivity index (χ1v) is 12.2. The molecule has 12 heteroatoms. The number of nitrogens with one attached hydrogen (secondary N) is 2. The summed E-state index contributed by atoms with van der Waals surface area (Å²) < 4.78 is 29.5. The Bertz CT molecular complexity index is 1320. The fourth-order valence-corrected chi connectivity index (χ4v) is 5.10. The summed E-state index contributed by atoms with van der Waals surface area (Å²) in [6.07, 6.45) is 4.56. The average Bonchev–Trinajstić information content (AvgIpc) is 2.74. The third kappa shape index (κ3) is 6.08. The molecule has 3 rings (SSSR count). The second kappa shape index (κ2) is 9.76. The van der Waals surface area contributed by atoms with Gasteiger partial charge >= 0.3 is 0 Å². The molecule has 0 fully saturated rings. The Morgan fingerprint density at radius 1 is 1.27 bits per heavy atom. The van der Waals surface area contributed by atoms with Crippen LogP contribution in [-0.4, -0.2) is 34.6 Å². The quantitative estimate of drug-likeness (QED) is 0.588. The number of rotatable bonds is 7. The van der Waals surface area contributed by atoms with Gasteiger partial charge in [0.15, 0.2) is 0 Å². The fourth-order valence-electron chi connectivity index (χ4n) is 3.33. The van der Waals surface area contributed by atoms with E-state index in [2.05, 4.69) is 20.1 Å². The minimum Gasteiger partial charge on any atom is -0.345 e. The lowest BCUT2D eigenvalue weighted by Crippen LogP contribution is -2.48. The maximum absolute atomic E-state index is 13.0. The van der Waals surface area contributed by atoms with Crippen LogP contribution in [0.3, 0.4) is 0 Å². The van der Waals surface area contributed by atoms with Crippen molar-refractivity contribution in [1.82, 2.24) is 24.8 Å². The van der Waals surface area contributed by atoms with Crippen LogP contribution in [0.15, 0.2) is 51.8 Å². The number of sulfonamides is 1. The summed E-state index contributed by atoms with van der Waals surface area (Å²) in [7, 11) is -3.84. The molecule has 1 aliphatic carbocycles. The van der Waals surface area contributed by atoms with E-state index >= 15 is 0 Å². The Balaban J connectivity index is 1.72. The summed E-state index contributed by atoms with van der Waals surface area (Å²) in [6.45, 7) is 4.85. The van der Waals surface area contributed by atoms with Crippen LogP contribution in [0, 0.1) is 6.92 Å². The molecular formula is C21H23Cl2N5O4S. The van der Waals surface area contributed by atoms with Crippen LogP contribution in [0.5, 0.6) is 0 Å². The molecule has 176 valence electrons. The highest BCUT2D eigenvalue weighted by atomic mass is 35.5. The van der Waals surface area contributed by atoms with Crippen molar-refractivity contribution in [3.05, 3.63) is 78.8 Å². The zero-order chi connectivity index (χ0) is 24.4. The van der Waals surface area contributed by atoms with Crippen molar-refractivity contribution >= 4 is 39.1 Å². The summed E-state index contributed by atoms with van der Waals surface area (Å²) >= 11 is 11.6. The number of hydrogen-bond acceptors (Lipinski definition) is 6. The molecule has 2 aromatic heterocycles. The predicted molar refractivity (Wildman–Crippen MR) is 126 cm³/mol. The minimum absolute atomic E-state index is 0.00988. The van der Waals surface area contributed by atoms with Crippen molar-refractivity contribution in [3.8, 4) is 0 Å². The monoisotopic (exact) mass is 511 g/mol. The first-order chi connectivity index (χ1) is 15.4. The fraction of sp³-hybridized carbons (Fsp3) is 0.333. The molecule has 0 bridgehead atoms. The lowest BCUT2D eigenvalue weighted by Gasteiger charge is -2.32. The van der Waals surface area contributed by atoms with Crippen molar-refractivity contribution in [2.24, 2.45) is 0 Å². The number of allylic oxidation sites excluding steroid dienone is 2. The van der Waals surface area contributed by atoms with Crippen LogP contribution in [0.25, 0.3) is 0 Å². The summed E-state index contributed by atoms with van der Waals surface area (Å²) in [4.78, 5) is 29.2. The van der Waals surface area contributed by atoms with Gasteiger partial charge in [0.25, 0.3) is 5.56 Å². The van der Waals surface area contributed by atoms with Crippen molar-refractivity contribution in [1.29, 1.82) is 0 Å². The highest BCUT2D eigenvalue weighted by molar-refractivity contribution is 7.93. The maximum Gasteiger partial charge on any atom is 0.287 e. The van der Waals surface area contributed by atoms with Crippen molar-refractivity contribution < 1.29 is 13.2 Å². The smallest absolute Gasteiger partial charge is 0.287 e. The van der Waals surface area contributed by atoms with Crippen LogP contribution >= 0.6 is 23.2 Å². The van der Waals surface area contributed by atoms with Crippen LogP contribution in [0.2, 0.25) is 10.0 Å². The zero-order valence-electron chi connectivity index (χ0n) is 18.2. The molecule has 0 aliphatic heterocycles. The third-order valence-electron chi connectivity index (χ3n) is 5.04. The number of amides is 1. The van der Waals surface area contributed by atoms with E-state index in [0.717, 1.165) is 10.4 Å². The molecule has 0 saturated carbocycles. The van der Waals surface area contributed by atoms with E-state index in [9.17, 15) is 18.0 Å². The van der Waals surface area contributed by atoms with Crippen LogP contribution in [-0.2, 0) is 27.9 Å². The largest absolute Gasteiger partial charge is 0.345 e. The summed E-state index contributed by atoms with van der Waals surface area (Å²) in [5.41, 5.74) is 0.250. The van der Waals surface area contributed by atoms with E-state index in [-0.39, 0.29) is 27.9 Å². The van der Waals surface area contributed by atoms with Crippen LogP contribution in [0.4, 0.5) is 0 Å². The number of hydrogen-bond donors (Lipinski definition) is 2. The average molecular weight is 512 g/mol. The second-order valence-electron chi connectivity index (χ2n) is 7.95. The van der Waals surface area contributed by atoms with Gasteiger partial charge in [-0.15, -0.1) is 0 Å². The van der Waals surface area contributed by atoms with Crippen molar-refractivity contribution in [3.63, 3.8) is 0 Å². The number of aryl methyl sites for hydroxylation is 1. The standard InChI is InChI=1S/C21H23Cl2N5O4S/c1-13-7-8-21(3,27-18(29)12-28-20(30)19(23)16(22)11-24-28)9-17(13)33(31,32)25-10-15-6-4-5-14(2)26-15/h4-8,11,25H,9-10,12H2,1-3H3,(H,27,29). The number of carbonyl (C=O) groups is 1. The Morgan fingerprint density at radius 3 is 2.70 bits per heavy atom. The Hall–Kier alpha value is -2.53. The molecule has 1 amide bonds. The zero-order valence-corrected chi connectivity index (χ0v) is 20.6. The number of nitrogens with zero attached hydrogens (tertiary/aromatic N) is 3. The molecule has 2 heterocycles. The molecule has 0 aromatic carbocycles. The highest BCUT2D eigenvalue weighted by Crippen LogP contribution is 2.30.